The Labute approximate surface area is 176 Å². The Morgan fingerprint density at radius 3 is 2.47 bits per heavy atom. The first-order valence-corrected chi connectivity index (χ1v) is 10.7. The van der Waals surface area contributed by atoms with Crippen LogP contribution in [0.1, 0.15) is 58.8 Å². The van der Waals surface area contributed by atoms with Gasteiger partial charge in [-0.3, -0.25) is 9.59 Å². The van der Waals surface area contributed by atoms with Crippen LogP contribution in [-0.4, -0.2) is 24.8 Å². The summed E-state index contributed by atoms with van der Waals surface area (Å²) in [6, 6.07) is 5.06. The van der Waals surface area contributed by atoms with Crippen molar-refractivity contribution < 1.29 is 23.4 Å². The minimum Gasteiger partial charge on any atom is -0.493 e. The van der Waals surface area contributed by atoms with Gasteiger partial charge in [0.2, 0.25) is 0 Å². The van der Waals surface area contributed by atoms with Gasteiger partial charge in [0.05, 0.1) is 36.2 Å². The van der Waals surface area contributed by atoms with E-state index in [0.717, 1.165) is 12.8 Å². The first-order chi connectivity index (χ1) is 14.2. The molecule has 0 unspecified atom stereocenters. The van der Waals surface area contributed by atoms with Crippen LogP contribution >= 0.6 is 0 Å². The molecular formula is C24H30O6. The Morgan fingerprint density at radius 1 is 1.10 bits per heavy atom. The minimum atomic E-state index is -0.634. The summed E-state index contributed by atoms with van der Waals surface area (Å²) in [4.78, 5) is 25.0. The number of ether oxygens (including phenoxy) is 3. The highest BCUT2D eigenvalue weighted by Crippen LogP contribution is 2.65. The summed E-state index contributed by atoms with van der Waals surface area (Å²) in [7, 11) is 0. The normalized spacial score (nSPS) is 26.9. The summed E-state index contributed by atoms with van der Waals surface area (Å²) in [5.41, 5.74) is -0.295. The van der Waals surface area contributed by atoms with E-state index in [-0.39, 0.29) is 23.4 Å². The Kier molecular flexibility index (Phi) is 4.96. The number of fused-ring (bicyclic) bond motifs is 3. The van der Waals surface area contributed by atoms with Crippen molar-refractivity contribution in [2.75, 3.05) is 13.2 Å². The Balaban J connectivity index is 1.66. The molecule has 2 aliphatic rings. The lowest BCUT2D eigenvalue weighted by atomic mass is 9.66. The van der Waals surface area contributed by atoms with Gasteiger partial charge in [-0.05, 0) is 38.8 Å². The van der Waals surface area contributed by atoms with E-state index in [9.17, 15) is 9.59 Å². The predicted octanol–water partition coefficient (Wildman–Crippen LogP) is 4.39. The van der Waals surface area contributed by atoms with E-state index in [1.807, 2.05) is 20.8 Å². The van der Waals surface area contributed by atoms with E-state index in [0.29, 0.717) is 47.7 Å². The molecule has 0 spiro atoms. The number of carbonyl (C=O) groups excluding carboxylic acids is 1. The largest absolute Gasteiger partial charge is 0.493 e. The summed E-state index contributed by atoms with van der Waals surface area (Å²) in [6.45, 7) is 11.0. The number of carbonyl (C=O) groups is 1. The molecule has 2 atom stereocenters. The third-order valence-corrected chi connectivity index (χ3v) is 7.52. The fraction of sp³-hybridized carbons (Fsp3) is 0.583. The molecule has 6 heteroatoms. The molecule has 1 aromatic heterocycles. The van der Waals surface area contributed by atoms with Crippen LogP contribution in [0.25, 0.3) is 11.0 Å². The van der Waals surface area contributed by atoms with Crippen molar-refractivity contribution in [3.8, 4) is 5.75 Å². The van der Waals surface area contributed by atoms with Gasteiger partial charge in [-0.15, -0.1) is 0 Å². The van der Waals surface area contributed by atoms with Gasteiger partial charge in [-0.1, -0.05) is 20.8 Å². The molecule has 1 aliphatic carbocycles. The molecule has 1 saturated carbocycles. The summed E-state index contributed by atoms with van der Waals surface area (Å²) in [5, 5.41) is 0.508. The van der Waals surface area contributed by atoms with Crippen LogP contribution in [0.15, 0.2) is 27.4 Å². The van der Waals surface area contributed by atoms with Crippen LogP contribution < -0.4 is 10.2 Å². The first kappa shape index (κ1) is 20.9. The molecule has 6 nitrogen and oxygen atoms in total. The predicted molar refractivity (Wildman–Crippen MR) is 113 cm³/mol. The summed E-state index contributed by atoms with van der Waals surface area (Å²) >= 11 is 0. The number of rotatable bonds is 7. The lowest BCUT2D eigenvalue weighted by molar-refractivity contribution is -0.166. The van der Waals surface area contributed by atoms with Gasteiger partial charge in [0.15, 0.2) is 5.43 Å². The maximum absolute atomic E-state index is 12.5. The van der Waals surface area contributed by atoms with Crippen molar-refractivity contribution in [1.82, 2.24) is 0 Å². The Morgan fingerprint density at radius 2 is 1.87 bits per heavy atom. The minimum absolute atomic E-state index is 0.0755. The van der Waals surface area contributed by atoms with Gasteiger partial charge in [-0.2, -0.15) is 0 Å². The molecule has 2 aromatic rings. The van der Waals surface area contributed by atoms with Gasteiger partial charge in [0, 0.05) is 17.9 Å². The molecule has 30 heavy (non-hydrogen) atoms. The molecule has 0 radical (unpaired) electrons. The zero-order valence-corrected chi connectivity index (χ0v) is 18.4. The van der Waals surface area contributed by atoms with Crippen LogP contribution in [0.5, 0.6) is 5.75 Å². The summed E-state index contributed by atoms with van der Waals surface area (Å²) in [6.07, 6.45) is 2.21. The monoisotopic (exact) mass is 414 g/mol. The van der Waals surface area contributed by atoms with E-state index >= 15 is 0 Å². The third-order valence-electron chi connectivity index (χ3n) is 7.52. The molecule has 1 aromatic carbocycles. The number of hydrogen-bond acceptors (Lipinski definition) is 6. The highest BCUT2D eigenvalue weighted by Gasteiger charge is 2.72. The molecule has 162 valence electrons. The van der Waals surface area contributed by atoms with Gasteiger partial charge < -0.3 is 18.6 Å². The molecule has 1 aliphatic heterocycles. The van der Waals surface area contributed by atoms with Crippen LogP contribution in [-0.2, 0) is 27.3 Å². The second-order valence-corrected chi connectivity index (χ2v) is 9.12. The lowest BCUT2D eigenvalue weighted by Gasteiger charge is -2.36. The molecule has 2 fully saturated rings. The number of hydrogen-bond donors (Lipinski definition) is 0. The zero-order chi connectivity index (χ0) is 21.7. The molecule has 4 rings (SSSR count). The van der Waals surface area contributed by atoms with Gasteiger partial charge >= 0.3 is 5.97 Å². The summed E-state index contributed by atoms with van der Waals surface area (Å²) in [5.74, 6) is 1.12. The second-order valence-electron chi connectivity index (χ2n) is 9.12. The van der Waals surface area contributed by atoms with Gasteiger partial charge in [0.1, 0.15) is 22.7 Å². The van der Waals surface area contributed by atoms with Crippen molar-refractivity contribution in [2.24, 2.45) is 10.8 Å². The first-order valence-electron chi connectivity index (χ1n) is 10.7. The Bertz CT molecular complexity index is 1050. The SMILES string of the molecule is CCOc1ccc2c(=O)cc(CC)oc2c1COC[C@]12CC[C@](C)(C(=O)O1)C2(C)C. The average Bonchev–Trinajstić information content (AvgIpc) is 2.99. The van der Waals surface area contributed by atoms with Gasteiger partial charge in [-0.25, -0.2) is 0 Å². The van der Waals surface area contributed by atoms with Crippen molar-refractivity contribution in [2.45, 2.75) is 66.1 Å². The molecule has 0 amide bonds. The lowest BCUT2D eigenvalue weighted by Crippen LogP contribution is -2.44. The van der Waals surface area contributed by atoms with Crippen molar-refractivity contribution in [1.29, 1.82) is 0 Å². The van der Waals surface area contributed by atoms with E-state index < -0.39 is 11.0 Å². The highest BCUT2D eigenvalue weighted by atomic mass is 16.6. The maximum atomic E-state index is 12.5. The fourth-order valence-corrected chi connectivity index (χ4v) is 4.91. The smallest absolute Gasteiger partial charge is 0.313 e. The fourth-order valence-electron chi connectivity index (χ4n) is 4.91. The molecular weight excluding hydrogens is 384 g/mol. The number of esters is 1. The van der Waals surface area contributed by atoms with Crippen LogP contribution in [0.4, 0.5) is 0 Å². The quantitative estimate of drug-likeness (QED) is 0.626. The van der Waals surface area contributed by atoms with E-state index in [2.05, 4.69) is 13.8 Å². The average molecular weight is 414 g/mol. The maximum Gasteiger partial charge on any atom is 0.313 e. The topological polar surface area (TPSA) is 75.0 Å². The van der Waals surface area contributed by atoms with Crippen LogP contribution in [0.3, 0.4) is 0 Å². The third kappa shape index (κ3) is 2.80. The molecule has 2 heterocycles. The van der Waals surface area contributed by atoms with Crippen LogP contribution in [0.2, 0.25) is 0 Å². The zero-order valence-electron chi connectivity index (χ0n) is 18.4. The van der Waals surface area contributed by atoms with E-state index in [1.165, 1.54) is 6.07 Å². The summed E-state index contributed by atoms with van der Waals surface area (Å²) < 4.78 is 23.8. The van der Waals surface area contributed by atoms with Gasteiger partial charge in [0.25, 0.3) is 0 Å². The standard InChI is InChI=1S/C24H30O6/c1-6-15-12-18(25)16-8-9-19(28-7-2)17(20(16)29-15)13-27-14-24-11-10-23(5,21(26)30-24)22(24,3)4/h8-9,12H,6-7,10-11,13-14H2,1-5H3/t23-,24+/m1/s1. The van der Waals surface area contributed by atoms with Crippen molar-refractivity contribution in [3.63, 3.8) is 0 Å². The van der Waals surface area contributed by atoms with E-state index in [1.54, 1.807) is 12.1 Å². The highest BCUT2D eigenvalue weighted by molar-refractivity contribution is 5.83. The molecule has 1 saturated heterocycles. The second kappa shape index (κ2) is 7.12. The molecule has 0 N–H and O–H groups in total. The van der Waals surface area contributed by atoms with Crippen molar-refractivity contribution in [3.05, 3.63) is 39.7 Å². The number of aryl methyl sites for hydroxylation is 1. The van der Waals surface area contributed by atoms with Crippen molar-refractivity contribution >= 4 is 16.9 Å². The van der Waals surface area contributed by atoms with Crippen LogP contribution in [0, 0.1) is 10.8 Å². The Hall–Kier alpha value is -2.34. The van der Waals surface area contributed by atoms with E-state index in [4.69, 9.17) is 18.6 Å². The molecule has 2 bridgehead atoms. The number of benzene rings is 1.